The molecule has 2 aromatic rings. The molecule has 0 radical (unpaired) electrons. The van der Waals surface area contributed by atoms with Gasteiger partial charge in [-0.05, 0) is 30.7 Å². The van der Waals surface area contributed by atoms with Crippen LogP contribution in [0.1, 0.15) is 26.2 Å². The average molecular weight is 229 g/mol. The van der Waals surface area contributed by atoms with Gasteiger partial charge in [-0.1, -0.05) is 19.8 Å². The Morgan fingerprint density at radius 1 is 1.24 bits per heavy atom. The summed E-state index contributed by atoms with van der Waals surface area (Å²) < 4.78 is 0. The molecule has 3 N–H and O–H groups in total. The number of nitrogens with two attached hydrogens (primary N) is 1. The molecule has 90 valence electrons. The van der Waals surface area contributed by atoms with Crippen LogP contribution in [0.4, 0.5) is 11.4 Å². The molecule has 17 heavy (non-hydrogen) atoms. The molecule has 0 fully saturated rings. The number of hydrogen-bond acceptors (Lipinski definition) is 3. The summed E-state index contributed by atoms with van der Waals surface area (Å²) in [6, 6.07) is 7.95. The van der Waals surface area contributed by atoms with Crippen molar-refractivity contribution in [3.8, 4) is 0 Å². The predicted molar refractivity (Wildman–Crippen MR) is 74.2 cm³/mol. The number of hydrogen-bond donors (Lipinski definition) is 2. The summed E-state index contributed by atoms with van der Waals surface area (Å²) in [5, 5.41) is 4.56. The highest BCUT2D eigenvalue weighted by atomic mass is 14.9. The minimum atomic E-state index is 0.736. The van der Waals surface area contributed by atoms with Crippen LogP contribution in [-0.4, -0.2) is 11.5 Å². The lowest BCUT2D eigenvalue weighted by molar-refractivity contribution is 0.744. The van der Waals surface area contributed by atoms with Crippen LogP contribution >= 0.6 is 0 Å². The van der Waals surface area contributed by atoms with Crippen molar-refractivity contribution >= 4 is 22.3 Å². The smallest absolute Gasteiger partial charge is 0.0951 e. The number of benzene rings is 1. The SMILES string of the molecule is CCCCCNc1ccc(N)c2ncccc12. The van der Waals surface area contributed by atoms with Gasteiger partial charge in [-0.25, -0.2) is 0 Å². The number of pyridine rings is 1. The Morgan fingerprint density at radius 3 is 2.94 bits per heavy atom. The van der Waals surface area contributed by atoms with E-state index in [4.69, 9.17) is 5.73 Å². The van der Waals surface area contributed by atoms with E-state index in [1.165, 1.54) is 19.3 Å². The molecule has 2 rings (SSSR count). The zero-order valence-electron chi connectivity index (χ0n) is 10.2. The number of aromatic nitrogens is 1. The first-order chi connectivity index (χ1) is 8.33. The largest absolute Gasteiger partial charge is 0.397 e. The summed E-state index contributed by atoms with van der Waals surface area (Å²) in [5.41, 5.74) is 8.65. The van der Waals surface area contributed by atoms with E-state index >= 15 is 0 Å². The minimum Gasteiger partial charge on any atom is -0.397 e. The normalized spacial score (nSPS) is 10.6. The van der Waals surface area contributed by atoms with Gasteiger partial charge in [0.2, 0.25) is 0 Å². The van der Waals surface area contributed by atoms with Crippen LogP contribution in [0.5, 0.6) is 0 Å². The zero-order valence-corrected chi connectivity index (χ0v) is 10.2. The molecule has 3 heteroatoms. The van der Waals surface area contributed by atoms with Crippen LogP contribution in [-0.2, 0) is 0 Å². The molecule has 0 bridgehead atoms. The molecular formula is C14H19N3. The number of nitrogen functional groups attached to an aromatic ring is 1. The molecule has 0 saturated carbocycles. The van der Waals surface area contributed by atoms with E-state index in [0.29, 0.717) is 0 Å². The van der Waals surface area contributed by atoms with Crippen LogP contribution in [0, 0.1) is 0 Å². The Morgan fingerprint density at radius 2 is 2.12 bits per heavy atom. The number of rotatable bonds is 5. The van der Waals surface area contributed by atoms with Gasteiger partial charge in [0.25, 0.3) is 0 Å². The van der Waals surface area contributed by atoms with E-state index in [-0.39, 0.29) is 0 Å². The van der Waals surface area contributed by atoms with Crippen LogP contribution < -0.4 is 11.1 Å². The topological polar surface area (TPSA) is 50.9 Å². The minimum absolute atomic E-state index is 0.736. The van der Waals surface area contributed by atoms with Crippen molar-refractivity contribution in [3.05, 3.63) is 30.5 Å². The highest BCUT2D eigenvalue weighted by Gasteiger charge is 2.03. The molecule has 1 aromatic heterocycles. The molecule has 0 unspecified atom stereocenters. The number of fused-ring (bicyclic) bond motifs is 1. The van der Waals surface area contributed by atoms with Gasteiger partial charge in [0.05, 0.1) is 11.2 Å². The van der Waals surface area contributed by atoms with Crippen molar-refractivity contribution in [1.29, 1.82) is 0 Å². The fourth-order valence-electron chi connectivity index (χ4n) is 1.95. The molecule has 0 aliphatic heterocycles. The average Bonchev–Trinajstić information content (AvgIpc) is 2.37. The van der Waals surface area contributed by atoms with Crippen molar-refractivity contribution < 1.29 is 0 Å². The monoisotopic (exact) mass is 229 g/mol. The molecule has 0 atom stereocenters. The zero-order chi connectivity index (χ0) is 12.1. The second kappa shape index (κ2) is 5.53. The summed E-state index contributed by atoms with van der Waals surface area (Å²) in [6.07, 6.45) is 5.48. The van der Waals surface area contributed by atoms with Crippen LogP contribution in [0.15, 0.2) is 30.5 Å². The molecule has 0 spiro atoms. The first-order valence-electron chi connectivity index (χ1n) is 6.20. The van der Waals surface area contributed by atoms with Crippen molar-refractivity contribution in [2.24, 2.45) is 0 Å². The first kappa shape index (κ1) is 11.7. The summed E-state index contributed by atoms with van der Waals surface area (Å²) in [6.45, 7) is 3.21. The summed E-state index contributed by atoms with van der Waals surface area (Å²) in [7, 11) is 0. The molecule has 1 heterocycles. The van der Waals surface area contributed by atoms with E-state index in [1.807, 2.05) is 18.2 Å². The Bertz CT molecular complexity index is 494. The third-order valence-corrected chi connectivity index (χ3v) is 2.90. The van der Waals surface area contributed by atoms with Crippen LogP contribution in [0.25, 0.3) is 10.9 Å². The Kier molecular flexibility index (Phi) is 3.81. The molecule has 0 aliphatic rings. The van der Waals surface area contributed by atoms with Gasteiger partial charge >= 0.3 is 0 Å². The number of unbranched alkanes of at least 4 members (excludes halogenated alkanes) is 2. The van der Waals surface area contributed by atoms with E-state index in [0.717, 1.165) is 28.8 Å². The van der Waals surface area contributed by atoms with Crippen LogP contribution in [0.2, 0.25) is 0 Å². The highest BCUT2D eigenvalue weighted by Crippen LogP contribution is 2.26. The Balaban J connectivity index is 2.20. The van der Waals surface area contributed by atoms with Crippen molar-refractivity contribution in [1.82, 2.24) is 4.98 Å². The van der Waals surface area contributed by atoms with E-state index in [9.17, 15) is 0 Å². The highest BCUT2D eigenvalue weighted by molar-refractivity contribution is 5.98. The summed E-state index contributed by atoms with van der Waals surface area (Å²) in [5.74, 6) is 0. The van der Waals surface area contributed by atoms with Gasteiger partial charge < -0.3 is 11.1 Å². The van der Waals surface area contributed by atoms with Crippen molar-refractivity contribution in [2.75, 3.05) is 17.6 Å². The molecule has 0 aliphatic carbocycles. The lowest BCUT2D eigenvalue weighted by Gasteiger charge is -2.10. The van der Waals surface area contributed by atoms with Crippen LogP contribution in [0.3, 0.4) is 0 Å². The van der Waals surface area contributed by atoms with E-state index < -0.39 is 0 Å². The second-order valence-corrected chi connectivity index (χ2v) is 4.24. The van der Waals surface area contributed by atoms with Gasteiger partial charge in [0.15, 0.2) is 0 Å². The fraction of sp³-hybridized carbons (Fsp3) is 0.357. The van der Waals surface area contributed by atoms with Crippen molar-refractivity contribution in [2.45, 2.75) is 26.2 Å². The molecule has 1 aromatic carbocycles. The third kappa shape index (κ3) is 2.67. The van der Waals surface area contributed by atoms with Gasteiger partial charge in [-0.3, -0.25) is 4.98 Å². The lowest BCUT2D eigenvalue weighted by atomic mass is 10.1. The third-order valence-electron chi connectivity index (χ3n) is 2.90. The maximum Gasteiger partial charge on any atom is 0.0951 e. The van der Waals surface area contributed by atoms with Gasteiger partial charge in [-0.15, -0.1) is 0 Å². The second-order valence-electron chi connectivity index (χ2n) is 4.24. The predicted octanol–water partition coefficient (Wildman–Crippen LogP) is 3.42. The van der Waals surface area contributed by atoms with Gasteiger partial charge in [-0.2, -0.15) is 0 Å². The Hall–Kier alpha value is -1.77. The lowest BCUT2D eigenvalue weighted by Crippen LogP contribution is -2.02. The van der Waals surface area contributed by atoms with E-state index in [2.05, 4.69) is 23.3 Å². The van der Waals surface area contributed by atoms with Gasteiger partial charge in [0, 0.05) is 23.8 Å². The maximum absolute atomic E-state index is 5.91. The van der Waals surface area contributed by atoms with Gasteiger partial charge in [0.1, 0.15) is 0 Å². The fourth-order valence-corrected chi connectivity index (χ4v) is 1.95. The maximum atomic E-state index is 5.91. The molecule has 0 saturated heterocycles. The quantitative estimate of drug-likeness (QED) is 0.610. The summed E-state index contributed by atoms with van der Waals surface area (Å²) >= 11 is 0. The first-order valence-corrected chi connectivity index (χ1v) is 6.20. The molecule has 0 amide bonds. The standard InChI is InChI=1S/C14H19N3/c1-2-3-4-9-16-13-8-7-12(15)14-11(13)6-5-10-17-14/h5-8,10,16H,2-4,9,15H2,1H3. The Labute approximate surface area is 102 Å². The number of nitrogens with one attached hydrogen (secondary N) is 1. The van der Waals surface area contributed by atoms with Crippen molar-refractivity contribution in [3.63, 3.8) is 0 Å². The molecular weight excluding hydrogens is 210 g/mol. The summed E-state index contributed by atoms with van der Waals surface area (Å²) in [4.78, 5) is 4.32. The number of nitrogens with zero attached hydrogens (tertiary/aromatic N) is 1. The molecule has 3 nitrogen and oxygen atoms in total. The number of anilines is 2. The van der Waals surface area contributed by atoms with E-state index in [1.54, 1.807) is 6.20 Å².